The number of carbonyl (C=O) groups excluding carboxylic acids is 7. The number of halogens is 1. The van der Waals surface area contributed by atoms with Gasteiger partial charge in [-0.1, -0.05) is 50.8 Å². The van der Waals surface area contributed by atoms with E-state index in [0.717, 1.165) is 24.2 Å². The van der Waals surface area contributed by atoms with Crippen LogP contribution in [0.4, 0.5) is 4.39 Å². The Kier molecular flexibility index (Phi) is 10.7. The number of unbranched alkanes of at least 4 members (excludes halogenated alkanes) is 4. The maximum atomic E-state index is 17.4. The largest absolute Gasteiger partial charge is 0.485 e. The molecule has 5 amide bonds. The second-order valence-corrected chi connectivity index (χ2v) is 17.4. The number of carbonyl (C=O) groups is 7. The van der Waals surface area contributed by atoms with Crippen LogP contribution >= 0.6 is 0 Å². The molecule has 1 unspecified atom stereocenters. The van der Waals surface area contributed by atoms with Gasteiger partial charge in [-0.25, -0.2) is 4.39 Å². The summed E-state index contributed by atoms with van der Waals surface area (Å²) < 4.78 is 23.1. The van der Waals surface area contributed by atoms with Gasteiger partial charge in [0.2, 0.25) is 11.8 Å². The minimum Gasteiger partial charge on any atom is -0.485 e. The number of fused-ring (bicyclic) bond motifs is 6. The van der Waals surface area contributed by atoms with Crippen molar-refractivity contribution >= 4 is 41.1 Å². The van der Waals surface area contributed by atoms with Crippen molar-refractivity contribution in [1.82, 2.24) is 15.5 Å². The van der Waals surface area contributed by atoms with Crippen molar-refractivity contribution in [1.29, 1.82) is 0 Å². The molecule has 13 nitrogen and oxygen atoms in total. The number of nitrogens with zero attached hydrogens (tertiary/aromatic N) is 1. The highest BCUT2D eigenvalue weighted by Crippen LogP contribution is 2.70. The van der Waals surface area contributed by atoms with Crippen LogP contribution in [-0.2, 0) is 24.0 Å². The molecule has 1 aromatic carbocycles. The molecule has 1 saturated heterocycles. The maximum Gasteiger partial charge on any atom is 0.266 e. The van der Waals surface area contributed by atoms with E-state index in [1.165, 1.54) is 30.4 Å². The van der Waals surface area contributed by atoms with Crippen molar-refractivity contribution in [3.05, 3.63) is 53.1 Å². The number of ether oxygens (including phenoxy) is 1. The predicted molar refractivity (Wildman–Crippen MR) is 202 cm³/mol. The molecular formula is C43H52FN3O10. The minimum absolute atomic E-state index is 0.00296. The summed E-state index contributed by atoms with van der Waals surface area (Å²) in [6.45, 7) is 5.41. The highest BCUT2D eigenvalue weighted by atomic mass is 19.1. The molecule has 3 saturated carbocycles. The van der Waals surface area contributed by atoms with E-state index < -0.39 is 75.6 Å². The second-order valence-electron chi connectivity index (χ2n) is 17.4. The van der Waals surface area contributed by atoms with Gasteiger partial charge in [-0.2, -0.15) is 0 Å². The fourth-order valence-electron chi connectivity index (χ4n) is 11.2. The number of nitrogens with one attached hydrogen (secondary N) is 2. The molecular weight excluding hydrogens is 737 g/mol. The molecule has 7 rings (SSSR count). The van der Waals surface area contributed by atoms with Crippen LogP contribution < -0.4 is 15.4 Å². The quantitative estimate of drug-likeness (QED) is 0.168. The summed E-state index contributed by atoms with van der Waals surface area (Å²) in [4.78, 5) is 89.7. The lowest BCUT2D eigenvalue weighted by atomic mass is 9.44. The van der Waals surface area contributed by atoms with Crippen LogP contribution in [0.25, 0.3) is 0 Å². The number of piperidine rings is 1. The Hall–Kier alpha value is -4.56. The first-order valence-corrected chi connectivity index (χ1v) is 20.3. The molecule has 2 heterocycles. The first-order valence-electron chi connectivity index (χ1n) is 20.3. The Morgan fingerprint density at radius 2 is 1.74 bits per heavy atom. The number of hydrogen-bond acceptors (Lipinski definition) is 10. The molecule has 0 radical (unpaired) electrons. The van der Waals surface area contributed by atoms with E-state index >= 15 is 4.39 Å². The second kappa shape index (κ2) is 15.0. The Morgan fingerprint density at radius 1 is 1.00 bits per heavy atom. The summed E-state index contributed by atoms with van der Waals surface area (Å²) >= 11 is 0. The molecule has 9 atom stereocenters. The average Bonchev–Trinajstić information content (AvgIpc) is 3.54. The normalized spacial score (nSPS) is 35.5. The van der Waals surface area contributed by atoms with Gasteiger partial charge in [0.15, 0.2) is 22.8 Å². The van der Waals surface area contributed by atoms with Crippen LogP contribution in [0.15, 0.2) is 42.0 Å². The predicted octanol–water partition coefficient (Wildman–Crippen LogP) is 3.84. The number of alkyl halides is 1. The Labute approximate surface area is 330 Å². The molecule has 4 N–H and O–H groups in total. The molecule has 306 valence electrons. The third kappa shape index (κ3) is 6.37. The number of amides is 5. The van der Waals surface area contributed by atoms with E-state index in [0.29, 0.717) is 44.2 Å². The van der Waals surface area contributed by atoms with E-state index in [-0.39, 0.29) is 66.7 Å². The maximum absolute atomic E-state index is 17.4. The summed E-state index contributed by atoms with van der Waals surface area (Å²) in [7, 11) is 0. The van der Waals surface area contributed by atoms with Gasteiger partial charge in [-0.15, -0.1) is 0 Å². The lowest BCUT2D eigenvalue weighted by Crippen LogP contribution is -2.70. The Morgan fingerprint density at radius 3 is 2.49 bits per heavy atom. The van der Waals surface area contributed by atoms with Crippen LogP contribution in [0.3, 0.4) is 0 Å². The smallest absolute Gasteiger partial charge is 0.266 e. The fourth-order valence-corrected chi connectivity index (χ4v) is 11.2. The SMILES string of the molecule is C[C@@H]1C[C@H]2[C@@H]3CCC4=CC(=O)C=C[C@]4(C)[C@@]3(F)[C@@H](O)C[C@]2(C)[C@@]1(O)C(=O)NCCCCCCCC(=O)COc1cccc2c1C(=O)N(C1CCC(=O)NC1=O)C2=O. The van der Waals surface area contributed by atoms with Crippen molar-refractivity contribution in [2.45, 2.75) is 121 Å². The van der Waals surface area contributed by atoms with E-state index in [9.17, 15) is 43.8 Å². The fraction of sp³-hybridized carbons (Fsp3) is 0.605. The van der Waals surface area contributed by atoms with Crippen LogP contribution in [0.1, 0.15) is 119 Å². The molecule has 0 bridgehead atoms. The molecule has 4 fully saturated rings. The van der Waals surface area contributed by atoms with E-state index in [4.69, 9.17) is 4.74 Å². The molecule has 1 aromatic rings. The van der Waals surface area contributed by atoms with Gasteiger partial charge in [0.25, 0.3) is 17.7 Å². The zero-order valence-corrected chi connectivity index (χ0v) is 32.7. The number of hydrogen-bond donors (Lipinski definition) is 4. The van der Waals surface area contributed by atoms with Crippen LogP contribution in [-0.4, -0.2) is 92.8 Å². The van der Waals surface area contributed by atoms with Gasteiger partial charge >= 0.3 is 0 Å². The Bertz CT molecular complexity index is 1980. The summed E-state index contributed by atoms with van der Waals surface area (Å²) in [5, 5.41) is 28.8. The highest BCUT2D eigenvalue weighted by molar-refractivity contribution is 6.24. The van der Waals surface area contributed by atoms with Crippen LogP contribution in [0.5, 0.6) is 5.75 Å². The number of Topliss-reactive ketones (excluding diaryl/α,β-unsaturated/α-hetero) is 1. The number of imide groups is 2. The van der Waals surface area contributed by atoms with Crippen molar-refractivity contribution in [3.8, 4) is 5.75 Å². The Balaban J connectivity index is 0.847. The first-order chi connectivity index (χ1) is 27.0. The number of aliphatic hydroxyl groups excluding tert-OH is 1. The van der Waals surface area contributed by atoms with Gasteiger partial charge in [0, 0.05) is 36.1 Å². The van der Waals surface area contributed by atoms with Crippen molar-refractivity contribution in [3.63, 3.8) is 0 Å². The summed E-state index contributed by atoms with van der Waals surface area (Å²) in [5.41, 5.74) is -5.29. The number of allylic oxidation sites excluding steroid dienone is 4. The number of benzene rings is 1. The van der Waals surface area contributed by atoms with Crippen LogP contribution in [0.2, 0.25) is 0 Å². The third-order valence-electron chi connectivity index (χ3n) is 14.3. The first kappa shape index (κ1) is 40.6. The van der Waals surface area contributed by atoms with Gasteiger partial charge < -0.3 is 20.3 Å². The summed E-state index contributed by atoms with van der Waals surface area (Å²) in [6, 6.07) is 3.37. The number of ketones is 2. The molecule has 6 aliphatic rings. The molecule has 4 aliphatic carbocycles. The minimum atomic E-state index is -2.04. The van der Waals surface area contributed by atoms with E-state index in [2.05, 4.69) is 10.6 Å². The number of rotatable bonds is 13. The molecule has 57 heavy (non-hydrogen) atoms. The summed E-state index contributed by atoms with van der Waals surface area (Å²) in [5.74, 6) is -4.76. The van der Waals surface area contributed by atoms with Crippen molar-refractivity contribution < 1.29 is 52.9 Å². The zero-order chi connectivity index (χ0) is 41.1. The van der Waals surface area contributed by atoms with Gasteiger partial charge in [0.1, 0.15) is 18.4 Å². The highest BCUT2D eigenvalue weighted by Gasteiger charge is 2.75. The molecule has 2 aliphatic heterocycles. The lowest BCUT2D eigenvalue weighted by molar-refractivity contribution is -0.219. The van der Waals surface area contributed by atoms with Crippen molar-refractivity contribution in [2.75, 3.05) is 13.2 Å². The van der Waals surface area contributed by atoms with Gasteiger partial charge in [-0.05, 0) is 88.0 Å². The summed E-state index contributed by atoms with van der Waals surface area (Å²) in [6.07, 6.45) is 8.15. The van der Waals surface area contributed by atoms with Gasteiger partial charge in [-0.3, -0.25) is 43.8 Å². The topological polar surface area (TPSA) is 196 Å². The monoisotopic (exact) mass is 789 g/mol. The zero-order valence-electron chi connectivity index (χ0n) is 32.7. The molecule has 14 heteroatoms. The standard InChI is InChI=1S/C43H52FN3O10/c1-24-20-30-29-14-13-25-21-26(48)17-18-40(25,2)42(29,44)33(50)22-41(30,3)43(24,56)39(55)45-19-8-6-4-5-7-10-27(49)23-57-32-12-9-11-28-35(32)38(54)47(37(28)53)31-15-16-34(51)46-36(31)52/h9,11-12,17-18,21,24,29-31,33,50,56H,4-8,10,13-16,19-20,22-23H2,1-3H3,(H,45,55)(H,46,51,52)/t24-,29+,30+,31?,33+,40+,41+,42+,43+/m1/s1. The van der Waals surface area contributed by atoms with E-state index in [1.807, 2.05) is 13.8 Å². The lowest BCUT2D eigenvalue weighted by Gasteiger charge is -2.62. The van der Waals surface area contributed by atoms with Crippen LogP contribution in [0, 0.1) is 28.6 Å². The van der Waals surface area contributed by atoms with E-state index in [1.54, 1.807) is 13.0 Å². The average molecular weight is 790 g/mol. The van der Waals surface area contributed by atoms with Crippen molar-refractivity contribution in [2.24, 2.45) is 28.6 Å². The van der Waals surface area contributed by atoms with Gasteiger partial charge in [0.05, 0.1) is 17.2 Å². The third-order valence-corrected chi connectivity index (χ3v) is 14.3. The molecule has 0 spiro atoms. The molecule has 0 aromatic heterocycles. The number of aliphatic hydroxyl groups is 2.